The Balaban J connectivity index is 4.04. The van der Waals surface area contributed by atoms with Gasteiger partial charge in [-0.25, -0.2) is 0 Å². The summed E-state index contributed by atoms with van der Waals surface area (Å²) in [7, 11) is 0. The third kappa shape index (κ3) is 6.16. The summed E-state index contributed by atoms with van der Waals surface area (Å²) in [5.74, 6) is 0.639. The number of ether oxygens (including phenoxy) is 1. The summed E-state index contributed by atoms with van der Waals surface area (Å²) in [5, 5.41) is 10.1. The molecule has 0 saturated heterocycles. The Morgan fingerprint density at radius 2 is 1.67 bits per heavy atom. The maximum absolute atomic E-state index is 10.1. The summed E-state index contributed by atoms with van der Waals surface area (Å²) in [6, 6.07) is 0. The normalized spacial score (nSPS) is 15.6. The van der Waals surface area contributed by atoms with Gasteiger partial charge in [0.1, 0.15) is 0 Å². The first kappa shape index (κ1) is 14.9. The van der Waals surface area contributed by atoms with Crippen molar-refractivity contribution < 1.29 is 9.84 Å². The highest BCUT2D eigenvalue weighted by Crippen LogP contribution is 2.19. The van der Waals surface area contributed by atoms with Crippen LogP contribution in [0.1, 0.15) is 59.8 Å². The lowest BCUT2D eigenvalue weighted by molar-refractivity contribution is -0.0464. The number of aliphatic hydroxyl groups is 1. The maximum Gasteiger partial charge on any atom is 0.0833 e. The molecule has 0 spiro atoms. The van der Waals surface area contributed by atoms with Crippen LogP contribution >= 0.6 is 0 Å². The molecule has 92 valence electrons. The second-order valence-electron chi connectivity index (χ2n) is 4.27. The van der Waals surface area contributed by atoms with Crippen molar-refractivity contribution in [3.8, 4) is 0 Å². The minimum absolute atomic E-state index is 0.0422. The first-order valence-corrected chi connectivity index (χ1v) is 6.49. The summed E-state index contributed by atoms with van der Waals surface area (Å²) in [4.78, 5) is 0. The summed E-state index contributed by atoms with van der Waals surface area (Å²) >= 11 is 0. The predicted octanol–water partition coefficient (Wildman–Crippen LogP) is 3.38. The summed E-state index contributed by atoms with van der Waals surface area (Å²) < 4.78 is 5.58. The van der Waals surface area contributed by atoms with Crippen molar-refractivity contribution in [3.05, 3.63) is 0 Å². The van der Waals surface area contributed by atoms with Crippen LogP contribution in [0.3, 0.4) is 0 Å². The van der Waals surface area contributed by atoms with E-state index < -0.39 is 0 Å². The van der Waals surface area contributed by atoms with Gasteiger partial charge in [-0.05, 0) is 25.7 Å². The smallest absolute Gasteiger partial charge is 0.0833 e. The zero-order valence-corrected chi connectivity index (χ0v) is 10.8. The molecule has 2 nitrogen and oxygen atoms in total. The van der Waals surface area contributed by atoms with E-state index in [2.05, 4.69) is 20.8 Å². The highest BCUT2D eigenvalue weighted by Gasteiger charge is 2.21. The first-order chi connectivity index (χ1) is 7.19. The van der Waals surface area contributed by atoms with Crippen LogP contribution in [0.2, 0.25) is 0 Å². The lowest BCUT2D eigenvalue weighted by Crippen LogP contribution is -2.31. The Bertz CT molecular complexity index is 126. The molecule has 2 heteroatoms. The Labute approximate surface area is 95.0 Å². The largest absolute Gasteiger partial charge is 0.390 e. The van der Waals surface area contributed by atoms with Gasteiger partial charge in [-0.2, -0.15) is 0 Å². The molecule has 0 aliphatic carbocycles. The van der Waals surface area contributed by atoms with Gasteiger partial charge in [-0.1, -0.05) is 40.0 Å². The third-order valence-corrected chi connectivity index (χ3v) is 3.11. The van der Waals surface area contributed by atoms with Crippen LogP contribution in [-0.2, 0) is 4.74 Å². The third-order valence-electron chi connectivity index (χ3n) is 3.11. The lowest BCUT2D eigenvalue weighted by atomic mass is 9.92. The minimum atomic E-state index is -0.283. The molecule has 0 saturated carbocycles. The number of aliphatic hydroxyl groups excluding tert-OH is 1. The second kappa shape index (κ2) is 9.17. The van der Waals surface area contributed by atoms with Crippen molar-refractivity contribution in [1.82, 2.24) is 0 Å². The van der Waals surface area contributed by atoms with E-state index in [4.69, 9.17) is 4.74 Å². The fourth-order valence-electron chi connectivity index (χ4n) is 2.00. The van der Waals surface area contributed by atoms with Crippen LogP contribution in [-0.4, -0.2) is 23.9 Å². The van der Waals surface area contributed by atoms with E-state index in [1.54, 1.807) is 0 Å². The van der Waals surface area contributed by atoms with E-state index in [-0.39, 0.29) is 12.2 Å². The molecule has 0 aromatic carbocycles. The SMILES string of the molecule is CCCC(OCC)C(O)CC(CC)CC. The standard InChI is InChI=1S/C13H28O2/c1-5-9-13(15-8-4)12(14)10-11(6-2)7-3/h11-14H,5-10H2,1-4H3. The molecule has 2 unspecified atom stereocenters. The molecule has 0 aliphatic rings. The highest BCUT2D eigenvalue weighted by atomic mass is 16.5. The van der Waals surface area contributed by atoms with Gasteiger partial charge in [0.05, 0.1) is 12.2 Å². The monoisotopic (exact) mass is 216 g/mol. The summed E-state index contributed by atoms with van der Waals surface area (Å²) in [5.41, 5.74) is 0. The fourth-order valence-corrected chi connectivity index (χ4v) is 2.00. The van der Waals surface area contributed by atoms with Gasteiger partial charge < -0.3 is 9.84 Å². The van der Waals surface area contributed by atoms with E-state index in [1.807, 2.05) is 6.92 Å². The molecule has 2 atom stereocenters. The zero-order chi connectivity index (χ0) is 11.7. The van der Waals surface area contributed by atoms with Crippen molar-refractivity contribution in [1.29, 1.82) is 0 Å². The van der Waals surface area contributed by atoms with E-state index in [0.29, 0.717) is 12.5 Å². The molecule has 0 aromatic heterocycles. The molecule has 0 rings (SSSR count). The summed E-state index contributed by atoms with van der Waals surface area (Å²) in [6.07, 6.45) is 4.99. The van der Waals surface area contributed by atoms with Crippen LogP contribution in [0.4, 0.5) is 0 Å². The average molecular weight is 216 g/mol. The number of rotatable bonds is 9. The van der Waals surface area contributed by atoms with Crippen LogP contribution in [0.5, 0.6) is 0 Å². The Morgan fingerprint density at radius 1 is 1.07 bits per heavy atom. The molecule has 0 aromatic rings. The van der Waals surface area contributed by atoms with E-state index in [9.17, 15) is 5.11 Å². The quantitative estimate of drug-likeness (QED) is 0.640. The van der Waals surface area contributed by atoms with E-state index >= 15 is 0 Å². The highest BCUT2D eigenvalue weighted by molar-refractivity contribution is 4.72. The molecule has 15 heavy (non-hydrogen) atoms. The van der Waals surface area contributed by atoms with E-state index in [0.717, 1.165) is 32.1 Å². The van der Waals surface area contributed by atoms with Crippen molar-refractivity contribution in [3.63, 3.8) is 0 Å². The van der Waals surface area contributed by atoms with Crippen molar-refractivity contribution in [2.24, 2.45) is 5.92 Å². The summed E-state index contributed by atoms with van der Waals surface area (Å²) in [6.45, 7) is 9.21. The lowest BCUT2D eigenvalue weighted by Gasteiger charge is -2.25. The Hall–Kier alpha value is -0.0800. The van der Waals surface area contributed by atoms with Gasteiger partial charge in [0, 0.05) is 6.61 Å². The Kier molecular flexibility index (Phi) is 9.12. The molecular weight excluding hydrogens is 188 g/mol. The molecule has 0 aliphatic heterocycles. The molecule has 1 N–H and O–H groups in total. The number of hydrogen-bond acceptors (Lipinski definition) is 2. The van der Waals surface area contributed by atoms with Gasteiger partial charge >= 0.3 is 0 Å². The van der Waals surface area contributed by atoms with Crippen molar-refractivity contribution in [2.75, 3.05) is 6.61 Å². The Morgan fingerprint density at radius 3 is 2.07 bits per heavy atom. The van der Waals surface area contributed by atoms with Gasteiger partial charge in [-0.15, -0.1) is 0 Å². The predicted molar refractivity (Wildman–Crippen MR) is 65.0 cm³/mol. The van der Waals surface area contributed by atoms with Crippen molar-refractivity contribution in [2.45, 2.75) is 72.0 Å². The van der Waals surface area contributed by atoms with Crippen molar-refractivity contribution >= 4 is 0 Å². The number of hydrogen-bond donors (Lipinski definition) is 1. The molecule has 0 heterocycles. The molecular formula is C13H28O2. The molecule has 0 fully saturated rings. The molecule has 0 amide bonds. The first-order valence-electron chi connectivity index (χ1n) is 6.49. The maximum atomic E-state index is 10.1. The van der Waals surface area contributed by atoms with E-state index in [1.165, 1.54) is 0 Å². The second-order valence-corrected chi connectivity index (χ2v) is 4.27. The minimum Gasteiger partial charge on any atom is -0.390 e. The fraction of sp³-hybridized carbons (Fsp3) is 1.00. The zero-order valence-electron chi connectivity index (χ0n) is 10.8. The average Bonchev–Trinajstić information content (AvgIpc) is 2.25. The molecule has 0 bridgehead atoms. The van der Waals surface area contributed by atoms with Crippen LogP contribution in [0.15, 0.2) is 0 Å². The van der Waals surface area contributed by atoms with Gasteiger partial charge in [0.2, 0.25) is 0 Å². The molecule has 0 radical (unpaired) electrons. The van der Waals surface area contributed by atoms with Gasteiger partial charge in [0.15, 0.2) is 0 Å². The van der Waals surface area contributed by atoms with Gasteiger partial charge in [-0.3, -0.25) is 0 Å². The van der Waals surface area contributed by atoms with Crippen LogP contribution in [0.25, 0.3) is 0 Å². The van der Waals surface area contributed by atoms with Crippen LogP contribution < -0.4 is 0 Å². The van der Waals surface area contributed by atoms with Crippen LogP contribution in [0, 0.1) is 5.92 Å². The van der Waals surface area contributed by atoms with Gasteiger partial charge in [0.25, 0.3) is 0 Å². The topological polar surface area (TPSA) is 29.5 Å².